The Balaban J connectivity index is 1.51. The van der Waals surface area contributed by atoms with Crippen LogP contribution >= 0.6 is 54.5 Å². The SMILES string of the molecule is CC(C)(C)c1ccc(/C=C/c2sc3c(Br)c(-c4cccc5ccccc45)sc3c2Br)cc1. The van der Waals surface area contributed by atoms with Crippen LogP contribution in [0.3, 0.4) is 0 Å². The number of fused-ring (bicyclic) bond motifs is 2. The van der Waals surface area contributed by atoms with Crippen LogP contribution in [0.4, 0.5) is 0 Å². The quantitative estimate of drug-likeness (QED) is 0.199. The molecule has 2 aromatic heterocycles. The summed E-state index contributed by atoms with van der Waals surface area (Å²) in [6.07, 6.45) is 4.42. The molecule has 0 saturated carbocycles. The molecule has 2 heterocycles. The molecule has 0 bridgehead atoms. The minimum atomic E-state index is 0.178. The summed E-state index contributed by atoms with van der Waals surface area (Å²) in [5.74, 6) is 0. The summed E-state index contributed by atoms with van der Waals surface area (Å²) in [5.41, 5.74) is 4.04. The molecular weight excluding hydrogens is 560 g/mol. The van der Waals surface area contributed by atoms with E-state index in [2.05, 4.69) is 132 Å². The Kier molecular flexibility index (Phi) is 5.91. The number of hydrogen-bond donors (Lipinski definition) is 0. The molecule has 32 heavy (non-hydrogen) atoms. The maximum atomic E-state index is 3.92. The normalized spacial score (nSPS) is 12.4. The number of rotatable bonds is 3. The molecule has 0 nitrogen and oxygen atoms in total. The molecule has 0 spiro atoms. The number of benzene rings is 3. The first-order chi connectivity index (χ1) is 15.3. The zero-order chi connectivity index (χ0) is 22.5. The first-order valence-corrected chi connectivity index (χ1v) is 13.7. The third kappa shape index (κ3) is 4.03. The van der Waals surface area contributed by atoms with Gasteiger partial charge in [0.05, 0.1) is 23.2 Å². The second kappa shape index (κ2) is 8.57. The molecule has 5 rings (SSSR count). The molecule has 0 aliphatic rings. The lowest BCUT2D eigenvalue weighted by Gasteiger charge is -2.18. The topological polar surface area (TPSA) is 0 Å². The van der Waals surface area contributed by atoms with Gasteiger partial charge in [-0.1, -0.05) is 93.6 Å². The molecule has 0 amide bonds. The van der Waals surface area contributed by atoms with Crippen molar-refractivity contribution < 1.29 is 0 Å². The molecule has 4 heteroatoms. The molecule has 5 aromatic rings. The van der Waals surface area contributed by atoms with Crippen molar-refractivity contribution in [2.24, 2.45) is 0 Å². The predicted molar refractivity (Wildman–Crippen MR) is 152 cm³/mol. The monoisotopic (exact) mass is 580 g/mol. The Morgan fingerprint density at radius 1 is 0.719 bits per heavy atom. The van der Waals surface area contributed by atoms with Crippen molar-refractivity contribution in [1.29, 1.82) is 0 Å². The summed E-state index contributed by atoms with van der Waals surface area (Å²) >= 11 is 11.5. The average Bonchev–Trinajstić information content (AvgIpc) is 3.27. The van der Waals surface area contributed by atoms with E-state index in [1.807, 2.05) is 22.7 Å². The van der Waals surface area contributed by atoms with Gasteiger partial charge in [0.15, 0.2) is 0 Å². The van der Waals surface area contributed by atoms with Gasteiger partial charge in [-0.25, -0.2) is 0 Å². The largest absolute Gasteiger partial charge is 0.132 e. The van der Waals surface area contributed by atoms with Gasteiger partial charge < -0.3 is 0 Å². The van der Waals surface area contributed by atoms with Crippen LogP contribution in [0.2, 0.25) is 0 Å². The van der Waals surface area contributed by atoms with Crippen molar-refractivity contribution in [3.05, 3.63) is 91.7 Å². The van der Waals surface area contributed by atoms with E-state index in [-0.39, 0.29) is 5.41 Å². The van der Waals surface area contributed by atoms with Crippen LogP contribution in [0.1, 0.15) is 36.8 Å². The summed E-state index contributed by atoms with van der Waals surface area (Å²) in [7, 11) is 0. The average molecular weight is 582 g/mol. The van der Waals surface area contributed by atoms with Gasteiger partial charge in [0.2, 0.25) is 0 Å². The number of thiophene rings is 2. The number of hydrogen-bond acceptors (Lipinski definition) is 2. The highest BCUT2D eigenvalue weighted by Gasteiger charge is 2.19. The molecule has 0 unspecified atom stereocenters. The summed E-state index contributed by atoms with van der Waals surface area (Å²) in [6.45, 7) is 6.74. The molecule has 0 aliphatic heterocycles. The van der Waals surface area contributed by atoms with Crippen molar-refractivity contribution in [2.75, 3.05) is 0 Å². The van der Waals surface area contributed by atoms with E-state index in [1.165, 1.54) is 55.6 Å². The molecule has 0 fully saturated rings. The molecule has 0 atom stereocenters. The Bertz CT molecular complexity index is 1460. The Morgan fingerprint density at radius 2 is 1.41 bits per heavy atom. The summed E-state index contributed by atoms with van der Waals surface area (Å²) in [6, 6.07) is 24.0. The van der Waals surface area contributed by atoms with Crippen LogP contribution in [0.15, 0.2) is 75.7 Å². The number of halogens is 2. The fraction of sp³-hybridized carbons (Fsp3) is 0.143. The first-order valence-electron chi connectivity index (χ1n) is 10.5. The molecule has 0 radical (unpaired) electrons. The maximum absolute atomic E-state index is 3.92. The highest BCUT2D eigenvalue weighted by atomic mass is 79.9. The maximum Gasteiger partial charge on any atom is 0.0617 e. The highest BCUT2D eigenvalue weighted by Crippen LogP contribution is 2.51. The molecule has 160 valence electrons. The molecule has 0 saturated heterocycles. The van der Waals surface area contributed by atoms with Crippen LogP contribution < -0.4 is 0 Å². The van der Waals surface area contributed by atoms with Gasteiger partial charge in [-0.3, -0.25) is 0 Å². The van der Waals surface area contributed by atoms with E-state index in [4.69, 9.17) is 0 Å². The van der Waals surface area contributed by atoms with Crippen molar-refractivity contribution in [3.63, 3.8) is 0 Å². The van der Waals surface area contributed by atoms with Gasteiger partial charge in [0, 0.05) is 10.4 Å². The van der Waals surface area contributed by atoms with Crippen LogP contribution in [-0.2, 0) is 5.41 Å². The van der Waals surface area contributed by atoms with Crippen molar-refractivity contribution in [1.82, 2.24) is 0 Å². The third-order valence-electron chi connectivity index (χ3n) is 5.67. The second-order valence-electron chi connectivity index (χ2n) is 8.92. The lowest BCUT2D eigenvalue weighted by atomic mass is 9.87. The minimum Gasteiger partial charge on any atom is -0.132 e. The van der Waals surface area contributed by atoms with E-state index in [1.54, 1.807) is 0 Å². The molecular formula is C28H22Br2S2. The van der Waals surface area contributed by atoms with Crippen LogP contribution in [-0.4, -0.2) is 0 Å². The van der Waals surface area contributed by atoms with E-state index in [0.717, 1.165) is 0 Å². The van der Waals surface area contributed by atoms with Crippen molar-refractivity contribution >= 4 is 86.9 Å². The smallest absolute Gasteiger partial charge is 0.0617 e. The fourth-order valence-electron chi connectivity index (χ4n) is 3.87. The van der Waals surface area contributed by atoms with Gasteiger partial charge in [-0.05, 0) is 65.3 Å². The highest BCUT2D eigenvalue weighted by molar-refractivity contribution is 9.11. The zero-order valence-corrected chi connectivity index (χ0v) is 22.9. The summed E-state index contributed by atoms with van der Waals surface area (Å²) < 4.78 is 4.96. The van der Waals surface area contributed by atoms with E-state index < -0.39 is 0 Å². The van der Waals surface area contributed by atoms with Crippen molar-refractivity contribution in [3.8, 4) is 10.4 Å². The van der Waals surface area contributed by atoms with E-state index in [0.29, 0.717) is 0 Å². The van der Waals surface area contributed by atoms with Gasteiger partial charge >= 0.3 is 0 Å². The molecule has 3 aromatic carbocycles. The molecule has 0 aliphatic carbocycles. The first kappa shape index (κ1) is 22.1. The van der Waals surface area contributed by atoms with Crippen LogP contribution in [0.5, 0.6) is 0 Å². The van der Waals surface area contributed by atoms with Gasteiger partial charge in [0.25, 0.3) is 0 Å². The second-order valence-corrected chi connectivity index (χ2v) is 12.6. The third-order valence-corrected chi connectivity index (χ3v) is 10.9. The van der Waals surface area contributed by atoms with Crippen LogP contribution in [0.25, 0.3) is 42.8 Å². The predicted octanol–water partition coefficient (Wildman–Crippen LogP) is 10.8. The lowest BCUT2D eigenvalue weighted by Crippen LogP contribution is -2.10. The van der Waals surface area contributed by atoms with E-state index in [9.17, 15) is 0 Å². The van der Waals surface area contributed by atoms with Gasteiger partial charge in [-0.2, -0.15) is 0 Å². The van der Waals surface area contributed by atoms with E-state index >= 15 is 0 Å². The van der Waals surface area contributed by atoms with Crippen LogP contribution in [0, 0.1) is 0 Å². The summed E-state index contributed by atoms with van der Waals surface area (Å²) in [4.78, 5) is 2.54. The minimum absolute atomic E-state index is 0.178. The fourth-order valence-corrected chi connectivity index (χ4v) is 8.24. The lowest BCUT2D eigenvalue weighted by molar-refractivity contribution is 0.590. The van der Waals surface area contributed by atoms with Gasteiger partial charge in [0.1, 0.15) is 0 Å². The zero-order valence-electron chi connectivity index (χ0n) is 18.1. The van der Waals surface area contributed by atoms with Crippen molar-refractivity contribution in [2.45, 2.75) is 26.2 Å². The Labute approximate surface area is 213 Å². The molecule has 0 N–H and O–H groups in total. The summed E-state index contributed by atoms with van der Waals surface area (Å²) in [5, 5.41) is 2.56. The Morgan fingerprint density at radius 3 is 2.12 bits per heavy atom. The van der Waals surface area contributed by atoms with Gasteiger partial charge in [-0.15, -0.1) is 22.7 Å². The Hall–Kier alpha value is -1.72. The standard InChI is InChI=1S/C28H22Br2S2/c1-28(2,3)19-14-11-17(12-15-19)13-16-22-23(29)26-27(31-22)24(30)25(32-26)21-10-6-8-18-7-4-5-9-20(18)21/h4-16H,1-3H3/b16-13+.